The van der Waals surface area contributed by atoms with Gasteiger partial charge in [-0.3, -0.25) is 9.97 Å². The molecule has 120 valence electrons. The van der Waals surface area contributed by atoms with Crippen molar-refractivity contribution in [1.29, 1.82) is 0 Å². The zero-order valence-corrected chi connectivity index (χ0v) is 13.9. The standard InChI is InChI=1S/C19H17N3OS/c24-19(22-11-8-15(13-22)14-4-2-1-3-5-14)23-16-6-7-17-18(12-16)21-10-9-20-17/h1-7,9-10,12,15H,8,11,13H2. The molecule has 0 bridgehead atoms. The van der Waals surface area contributed by atoms with Gasteiger partial charge < -0.3 is 9.64 Å². The average molecular weight is 335 g/mol. The van der Waals surface area contributed by atoms with Crippen molar-refractivity contribution in [2.45, 2.75) is 12.3 Å². The molecule has 5 heteroatoms. The van der Waals surface area contributed by atoms with Crippen molar-refractivity contribution in [2.75, 3.05) is 13.1 Å². The molecule has 4 rings (SSSR count). The Bertz CT molecular complexity index is 869. The van der Waals surface area contributed by atoms with Crippen molar-refractivity contribution < 1.29 is 4.74 Å². The number of likely N-dealkylation sites (tertiary alicyclic amines) is 1. The molecule has 2 heterocycles. The Balaban J connectivity index is 1.44. The number of rotatable bonds is 2. The molecule has 4 nitrogen and oxygen atoms in total. The maximum atomic E-state index is 5.88. The number of nitrogens with zero attached hydrogens (tertiary/aromatic N) is 3. The van der Waals surface area contributed by atoms with Crippen LogP contribution in [-0.2, 0) is 0 Å². The second-order valence-corrected chi connectivity index (χ2v) is 6.27. The fourth-order valence-electron chi connectivity index (χ4n) is 3.10. The molecule has 1 saturated heterocycles. The summed E-state index contributed by atoms with van der Waals surface area (Å²) in [6.07, 6.45) is 4.45. The Hall–Kier alpha value is -2.53. The van der Waals surface area contributed by atoms with Crippen LogP contribution in [0.5, 0.6) is 5.75 Å². The maximum Gasteiger partial charge on any atom is 0.264 e. The summed E-state index contributed by atoms with van der Waals surface area (Å²) in [5.41, 5.74) is 3.02. The van der Waals surface area contributed by atoms with Gasteiger partial charge in [-0.25, -0.2) is 0 Å². The van der Waals surface area contributed by atoms with Crippen molar-refractivity contribution in [2.24, 2.45) is 0 Å². The Kier molecular flexibility index (Phi) is 4.09. The topological polar surface area (TPSA) is 38.3 Å². The largest absolute Gasteiger partial charge is 0.432 e. The summed E-state index contributed by atoms with van der Waals surface area (Å²) >= 11 is 5.49. The minimum absolute atomic E-state index is 0.509. The molecule has 1 atom stereocenters. The molecule has 0 amide bonds. The zero-order valence-electron chi connectivity index (χ0n) is 13.1. The third-order valence-corrected chi connectivity index (χ3v) is 4.70. The van der Waals surface area contributed by atoms with Gasteiger partial charge in [-0.1, -0.05) is 30.3 Å². The molecule has 3 aromatic rings. The second kappa shape index (κ2) is 6.53. The molecule has 0 spiro atoms. The van der Waals surface area contributed by atoms with E-state index < -0.39 is 0 Å². The molecule has 2 aromatic carbocycles. The smallest absolute Gasteiger partial charge is 0.264 e. The molecule has 24 heavy (non-hydrogen) atoms. The first-order valence-electron chi connectivity index (χ1n) is 8.02. The molecule has 1 aromatic heterocycles. The van der Waals surface area contributed by atoms with Crippen molar-refractivity contribution >= 4 is 28.4 Å². The molecule has 0 aliphatic carbocycles. The van der Waals surface area contributed by atoms with E-state index in [1.807, 2.05) is 24.3 Å². The number of benzene rings is 2. The van der Waals surface area contributed by atoms with E-state index in [0.717, 1.165) is 30.5 Å². The van der Waals surface area contributed by atoms with Gasteiger partial charge in [-0.05, 0) is 36.3 Å². The lowest BCUT2D eigenvalue weighted by Crippen LogP contribution is -2.31. The van der Waals surface area contributed by atoms with Crippen molar-refractivity contribution in [3.63, 3.8) is 0 Å². The third kappa shape index (κ3) is 3.08. The Morgan fingerprint density at radius 3 is 2.67 bits per heavy atom. The highest BCUT2D eigenvalue weighted by atomic mass is 32.1. The van der Waals surface area contributed by atoms with E-state index >= 15 is 0 Å². The molecule has 1 fully saturated rings. The quantitative estimate of drug-likeness (QED) is 0.666. The van der Waals surface area contributed by atoms with Gasteiger partial charge in [0.1, 0.15) is 5.75 Å². The first-order valence-corrected chi connectivity index (χ1v) is 8.43. The molecule has 0 saturated carbocycles. The number of thiocarbonyl (C=S) groups is 1. The molecule has 1 aliphatic heterocycles. The van der Waals surface area contributed by atoms with E-state index in [0.29, 0.717) is 16.8 Å². The predicted octanol–water partition coefficient (Wildman–Crippen LogP) is 3.78. The van der Waals surface area contributed by atoms with Gasteiger partial charge in [-0.15, -0.1) is 0 Å². The van der Waals surface area contributed by atoms with Crippen LogP contribution in [0.3, 0.4) is 0 Å². The Morgan fingerprint density at radius 1 is 1.04 bits per heavy atom. The predicted molar refractivity (Wildman–Crippen MR) is 98.1 cm³/mol. The fraction of sp³-hybridized carbons (Fsp3) is 0.211. The van der Waals surface area contributed by atoms with E-state index in [9.17, 15) is 0 Å². The number of fused-ring (bicyclic) bond motifs is 1. The molecular formula is C19H17N3OS. The van der Waals surface area contributed by atoms with Crippen LogP contribution in [0.25, 0.3) is 11.0 Å². The van der Waals surface area contributed by atoms with Gasteiger partial charge in [0.15, 0.2) is 0 Å². The lowest BCUT2D eigenvalue weighted by Gasteiger charge is -2.19. The highest BCUT2D eigenvalue weighted by Crippen LogP contribution is 2.28. The van der Waals surface area contributed by atoms with E-state index in [4.69, 9.17) is 17.0 Å². The SMILES string of the molecule is S=C(Oc1ccc2nccnc2c1)N1CCC(c2ccccc2)C1. The van der Waals surface area contributed by atoms with E-state index in [2.05, 4.69) is 39.1 Å². The monoisotopic (exact) mass is 335 g/mol. The third-order valence-electron chi connectivity index (χ3n) is 4.36. The Labute approximate surface area is 146 Å². The van der Waals surface area contributed by atoms with E-state index in [-0.39, 0.29) is 0 Å². The minimum atomic E-state index is 0.509. The highest BCUT2D eigenvalue weighted by molar-refractivity contribution is 7.80. The lowest BCUT2D eigenvalue weighted by molar-refractivity contribution is 0.403. The summed E-state index contributed by atoms with van der Waals surface area (Å²) < 4.78 is 5.88. The van der Waals surface area contributed by atoms with Gasteiger partial charge in [0.25, 0.3) is 5.17 Å². The van der Waals surface area contributed by atoms with Crippen LogP contribution in [0.1, 0.15) is 17.9 Å². The number of ether oxygens (including phenoxy) is 1. The summed E-state index contributed by atoms with van der Waals surface area (Å²) in [5.74, 6) is 1.21. The van der Waals surface area contributed by atoms with Crippen LogP contribution in [0.4, 0.5) is 0 Å². The number of aromatic nitrogens is 2. The van der Waals surface area contributed by atoms with Gasteiger partial charge in [-0.2, -0.15) is 0 Å². The fourth-order valence-corrected chi connectivity index (χ4v) is 3.36. The van der Waals surface area contributed by atoms with Crippen LogP contribution in [0.2, 0.25) is 0 Å². The summed E-state index contributed by atoms with van der Waals surface area (Å²) in [6, 6.07) is 16.2. The van der Waals surface area contributed by atoms with Crippen LogP contribution in [0.15, 0.2) is 60.9 Å². The number of hydrogen-bond donors (Lipinski definition) is 0. The zero-order chi connectivity index (χ0) is 16.4. The molecule has 1 unspecified atom stereocenters. The first-order chi connectivity index (χ1) is 11.8. The summed E-state index contributed by atoms with van der Waals surface area (Å²) in [7, 11) is 0. The molecule has 1 aliphatic rings. The summed E-state index contributed by atoms with van der Waals surface area (Å²) in [5, 5.41) is 0.525. The normalized spacial score (nSPS) is 17.2. The number of hydrogen-bond acceptors (Lipinski definition) is 4. The van der Waals surface area contributed by atoms with Crippen molar-refractivity contribution in [3.05, 3.63) is 66.5 Å². The maximum absolute atomic E-state index is 5.88. The molecule has 0 N–H and O–H groups in total. The van der Waals surface area contributed by atoms with Crippen LogP contribution >= 0.6 is 12.2 Å². The molecular weight excluding hydrogens is 318 g/mol. The summed E-state index contributed by atoms with van der Waals surface area (Å²) in [6.45, 7) is 1.82. The van der Waals surface area contributed by atoms with Gasteiger partial charge >= 0.3 is 0 Å². The lowest BCUT2D eigenvalue weighted by atomic mass is 9.99. The van der Waals surface area contributed by atoms with Gasteiger partial charge in [0.2, 0.25) is 0 Å². The highest BCUT2D eigenvalue weighted by Gasteiger charge is 2.26. The van der Waals surface area contributed by atoms with E-state index in [1.54, 1.807) is 12.4 Å². The Morgan fingerprint density at radius 2 is 1.83 bits per heavy atom. The van der Waals surface area contributed by atoms with Crippen LogP contribution in [0, 0.1) is 0 Å². The second-order valence-electron chi connectivity index (χ2n) is 5.92. The van der Waals surface area contributed by atoms with E-state index in [1.165, 1.54) is 5.56 Å². The van der Waals surface area contributed by atoms with Gasteiger partial charge in [0.05, 0.1) is 11.0 Å². The average Bonchev–Trinajstić information content (AvgIpc) is 3.13. The van der Waals surface area contributed by atoms with Gasteiger partial charge in [0, 0.05) is 37.5 Å². The summed E-state index contributed by atoms with van der Waals surface area (Å²) in [4.78, 5) is 10.7. The van der Waals surface area contributed by atoms with Crippen LogP contribution in [-0.4, -0.2) is 33.1 Å². The first kappa shape index (κ1) is 15.0. The van der Waals surface area contributed by atoms with Crippen molar-refractivity contribution in [3.8, 4) is 5.75 Å². The van der Waals surface area contributed by atoms with Crippen LogP contribution < -0.4 is 4.74 Å². The van der Waals surface area contributed by atoms with Crippen molar-refractivity contribution in [1.82, 2.24) is 14.9 Å². The minimum Gasteiger partial charge on any atom is -0.432 e. The molecule has 0 radical (unpaired) electrons.